The van der Waals surface area contributed by atoms with Crippen LogP contribution in [0, 0.1) is 11.8 Å². The number of aromatic nitrogens is 5. The molecule has 1 aliphatic carbocycles. The van der Waals surface area contributed by atoms with E-state index in [9.17, 15) is 9.59 Å². The minimum atomic E-state index is -0.901. The molecule has 2 aromatic carbocycles. The molecule has 1 atom stereocenters. The summed E-state index contributed by atoms with van der Waals surface area (Å²) >= 11 is 0. The number of nitrogens with zero attached hydrogens (tertiary/aromatic N) is 6. The number of amides is 2. The molecule has 0 unspecified atom stereocenters. The van der Waals surface area contributed by atoms with Crippen LogP contribution in [0.25, 0.3) is 22.5 Å². The van der Waals surface area contributed by atoms with Crippen molar-refractivity contribution in [2.45, 2.75) is 44.6 Å². The van der Waals surface area contributed by atoms with Crippen molar-refractivity contribution in [2.24, 2.45) is 23.3 Å². The quantitative estimate of drug-likeness (QED) is 0.170. The highest BCUT2D eigenvalue weighted by Gasteiger charge is 2.36. The Hall–Kier alpha value is -4.39. The maximum Gasteiger partial charge on any atom is 0.240 e. The summed E-state index contributed by atoms with van der Waals surface area (Å²) in [5, 5.41) is 14.2. The van der Waals surface area contributed by atoms with E-state index >= 15 is 0 Å². The third-order valence-electron chi connectivity index (χ3n) is 8.58. The van der Waals surface area contributed by atoms with Crippen LogP contribution in [0.5, 0.6) is 5.88 Å². The number of nitrogens with two attached hydrogens (primary N) is 2. The van der Waals surface area contributed by atoms with Crippen LogP contribution < -0.4 is 21.1 Å². The Morgan fingerprint density at radius 3 is 2.36 bits per heavy atom. The predicted octanol–water partition coefficient (Wildman–Crippen LogP) is 3.88. The Morgan fingerprint density at radius 1 is 1.00 bits per heavy atom. The molecule has 2 aromatic heterocycles. The summed E-state index contributed by atoms with van der Waals surface area (Å²) in [6, 6.07) is 18.1. The zero-order valence-electron chi connectivity index (χ0n) is 26.9. The van der Waals surface area contributed by atoms with Gasteiger partial charge in [-0.3, -0.25) is 14.5 Å². The van der Waals surface area contributed by atoms with Crippen LogP contribution in [0.15, 0.2) is 66.9 Å². The van der Waals surface area contributed by atoms with Crippen molar-refractivity contribution in [3.8, 4) is 28.4 Å². The van der Waals surface area contributed by atoms with E-state index in [0.29, 0.717) is 36.5 Å². The van der Waals surface area contributed by atoms with Crippen LogP contribution in [0.2, 0.25) is 0 Å². The number of aromatic amines is 1. The predicted molar refractivity (Wildman–Crippen MR) is 184 cm³/mol. The van der Waals surface area contributed by atoms with E-state index < -0.39 is 11.9 Å². The Morgan fingerprint density at radius 2 is 1.74 bits per heavy atom. The number of carbonyl (C=O) groups is 2. The summed E-state index contributed by atoms with van der Waals surface area (Å²) in [4.78, 5) is 35.6. The zero-order valence-corrected chi connectivity index (χ0v) is 27.7. The number of rotatable bonds is 14. The average Bonchev–Trinajstić information content (AvgIpc) is 3.62. The molecule has 1 fully saturated rings. The molecular formula is C34H44ClN9O3. The van der Waals surface area contributed by atoms with Gasteiger partial charge in [0.1, 0.15) is 6.04 Å². The van der Waals surface area contributed by atoms with E-state index in [1.165, 1.54) is 0 Å². The number of benzene rings is 2. The lowest BCUT2D eigenvalue weighted by Crippen LogP contribution is -2.52. The number of primary amides is 1. The van der Waals surface area contributed by atoms with Gasteiger partial charge >= 0.3 is 0 Å². The lowest BCUT2D eigenvalue weighted by molar-refractivity contribution is -0.127. The van der Waals surface area contributed by atoms with Gasteiger partial charge in [-0.2, -0.15) is 5.21 Å². The fourth-order valence-electron chi connectivity index (χ4n) is 5.97. The first-order valence-electron chi connectivity index (χ1n) is 15.8. The number of H-pyrrole nitrogens is 1. The van der Waals surface area contributed by atoms with Gasteiger partial charge in [-0.05, 0) is 105 Å². The van der Waals surface area contributed by atoms with E-state index in [1.54, 1.807) is 23.2 Å². The summed E-state index contributed by atoms with van der Waals surface area (Å²) in [5.41, 5.74) is 16.0. The second-order valence-electron chi connectivity index (χ2n) is 12.2. The Kier molecular flexibility index (Phi) is 12.8. The third-order valence-corrected chi connectivity index (χ3v) is 8.58. The molecule has 0 aliphatic heterocycles. The van der Waals surface area contributed by atoms with Gasteiger partial charge in [0.05, 0.1) is 6.61 Å². The smallest absolute Gasteiger partial charge is 0.240 e. The number of halogens is 1. The highest BCUT2D eigenvalue weighted by Crippen LogP contribution is 2.33. The minimum Gasteiger partial charge on any atom is -0.478 e. The number of tetrazole rings is 1. The molecule has 2 amide bonds. The maximum absolute atomic E-state index is 14.2. The molecule has 0 spiro atoms. The van der Waals surface area contributed by atoms with Gasteiger partial charge < -0.3 is 21.1 Å². The third kappa shape index (κ3) is 9.34. The number of ether oxygens (including phenoxy) is 1. The van der Waals surface area contributed by atoms with Gasteiger partial charge in [0.25, 0.3) is 0 Å². The maximum atomic E-state index is 14.2. The molecule has 13 heteroatoms. The summed E-state index contributed by atoms with van der Waals surface area (Å²) in [6.07, 6.45) is 6.16. The monoisotopic (exact) mass is 661 g/mol. The zero-order chi connectivity index (χ0) is 32.5. The van der Waals surface area contributed by atoms with Gasteiger partial charge in [-0.15, -0.1) is 22.6 Å². The number of nitrogens with one attached hydrogen (secondary N) is 1. The first-order valence-corrected chi connectivity index (χ1v) is 15.8. The molecule has 1 aliphatic rings. The largest absolute Gasteiger partial charge is 0.478 e. The standard InChI is InChI=1S/C34H43N9O3.ClH/c1-42(2)17-4-18-46-31-16-13-28(22-37-31)27-6-3-5-24(19-27)20-30(32(36)44)43(34(45)26-9-7-23(21-35)8-10-26)29-14-11-25(12-15-29)33-38-40-41-39-33;/h3,5-6,11-16,19,22-23,26,30H,4,7-10,17-18,20-21,35H2,1-2H3,(H2,36,44)(H,38,39,40,41);1H/t23?,26?,30-;/m0./s1. The van der Waals surface area contributed by atoms with E-state index in [0.717, 1.165) is 60.9 Å². The van der Waals surface area contributed by atoms with Crippen LogP contribution in [-0.4, -0.2) is 82.2 Å². The van der Waals surface area contributed by atoms with Crippen molar-refractivity contribution >= 4 is 29.9 Å². The summed E-state index contributed by atoms with van der Waals surface area (Å²) in [5.74, 6) is 0.531. The molecule has 0 saturated heterocycles. The fraction of sp³-hybridized carbons (Fsp3) is 0.412. The molecule has 0 bridgehead atoms. The van der Waals surface area contributed by atoms with Crippen LogP contribution in [0.1, 0.15) is 37.7 Å². The molecule has 5 N–H and O–H groups in total. The van der Waals surface area contributed by atoms with Crippen molar-refractivity contribution < 1.29 is 14.3 Å². The lowest BCUT2D eigenvalue weighted by atomic mass is 9.81. The molecule has 1 saturated carbocycles. The molecule has 5 rings (SSSR count). The van der Waals surface area contributed by atoms with Crippen LogP contribution in [0.4, 0.5) is 5.69 Å². The minimum absolute atomic E-state index is 0. The Bertz CT molecular complexity index is 1560. The molecule has 250 valence electrons. The van der Waals surface area contributed by atoms with Gasteiger partial charge in [0, 0.05) is 48.0 Å². The fourth-order valence-corrected chi connectivity index (χ4v) is 5.97. The Labute approximate surface area is 281 Å². The van der Waals surface area contributed by atoms with Crippen LogP contribution in [-0.2, 0) is 16.0 Å². The van der Waals surface area contributed by atoms with Crippen molar-refractivity contribution in [3.63, 3.8) is 0 Å². The van der Waals surface area contributed by atoms with E-state index in [-0.39, 0.29) is 30.7 Å². The first-order chi connectivity index (χ1) is 22.3. The first kappa shape index (κ1) is 35.5. The Balaban J connectivity index is 0.00000500. The molecule has 12 nitrogen and oxygen atoms in total. The molecular weight excluding hydrogens is 618 g/mol. The van der Waals surface area contributed by atoms with Crippen molar-refractivity contribution in [2.75, 3.05) is 38.7 Å². The molecule has 0 radical (unpaired) electrons. The van der Waals surface area contributed by atoms with Crippen LogP contribution in [0.3, 0.4) is 0 Å². The second kappa shape index (κ2) is 17.0. The normalized spacial score (nSPS) is 16.7. The van der Waals surface area contributed by atoms with Crippen molar-refractivity contribution in [1.82, 2.24) is 30.5 Å². The highest BCUT2D eigenvalue weighted by molar-refractivity contribution is 6.01. The van der Waals surface area contributed by atoms with E-state index in [4.69, 9.17) is 16.2 Å². The lowest BCUT2D eigenvalue weighted by Gasteiger charge is -2.35. The van der Waals surface area contributed by atoms with Gasteiger partial charge in [-0.1, -0.05) is 24.3 Å². The van der Waals surface area contributed by atoms with Crippen molar-refractivity contribution in [1.29, 1.82) is 0 Å². The van der Waals surface area contributed by atoms with E-state index in [2.05, 4.69) is 30.5 Å². The average molecular weight is 662 g/mol. The van der Waals surface area contributed by atoms with Gasteiger partial charge in [-0.25, -0.2) is 4.98 Å². The second-order valence-corrected chi connectivity index (χ2v) is 12.2. The number of hydrogen-bond acceptors (Lipinski definition) is 9. The molecule has 47 heavy (non-hydrogen) atoms. The SMILES string of the molecule is CN(C)CCCOc1ccc(-c2cccc(C[C@@H](C(N)=O)N(C(=O)C3CCC(CN)CC3)c3ccc(-c4nn[nH]n4)cc3)c2)cn1.Cl. The number of carbonyl (C=O) groups excluding carboxylic acids is 2. The number of anilines is 1. The van der Waals surface area contributed by atoms with Gasteiger partial charge in [0.2, 0.25) is 23.5 Å². The topological polar surface area (TPSA) is 169 Å². The molecule has 4 aromatic rings. The molecule has 2 heterocycles. The van der Waals surface area contributed by atoms with Gasteiger partial charge in [0.15, 0.2) is 0 Å². The van der Waals surface area contributed by atoms with Crippen LogP contribution >= 0.6 is 12.4 Å². The summed E-state index contributed by atoms with van der Waals surface area (Å²) < 4.78 is 5.79. The summed E-state index contributed by atoms with van der Waals surface area (Å²) in [7, 11) is 4.07. The summed E-state index contributed by atoms with van der Waals surface area (Å²) in [6.45, 7) is 2.16. The van der Waals surface area contributed by atoms with E-state index in [1.807, 2.05) is 62.6 Å². The number of pyridine rings is 1. The number of hydrogen-bond donors (Lipinski definition) is 3. The van der Waals surface area contributed by atoms with Crippen molar-refractivity contribution in [3.05, 3.63) is 72.4 Å². The highest BCUT2D eigenvalue weighted by atomic mass is 35.5.